The molecule has 0 unspecified atom stereocenters. The molecule has 1 saturated heterocycles. The molecule has 15 nitrogen and oxygen atoms in total. The van der Waals surface area contributed by atoms with Gasteiger partial charge in [-0.25, -0.2) is 9.97 Å². The van der Waals surface area contributed by atoms with Gasteiger partial charge in [-0.1, -0.05) is 30.7 Å². The number of benzene rings is 2. The van der Waals surface area contributed by atoms with Gasteiger partial charge in [0, 0.05) is 44.2 Å². The first kappa shape index (κ1) is 35.4. The van der Waals surface area contributed by atoms with Crippen LogP contribution in [0.3, 0.4) is 0 Å². The predicted molar refractivity (Wildman–Crippen MR) is 188 cm³/mol. The number of aromatic nitrogens is 8. The summed E-state index contributed by atoms with van der Waals surface area (Å²) < 4.78 is 44.1. The second-order valence-corrected chi connectivity index (χ2v) is 12.8. The van der Waals surface area contributed by atoms with E-state index in [1.165, 1.54) is 11.2 Å². The number of nitrogens with zero attached hydrogens (tertiary/aromatic N) is 10. The molecule has 2 N–H and O–H groups in total. The van der Waals surface area contributed by atoms with Crippen molar-refractivity contribution in [2.75, 3.05) is 36.4 Å². The van der Waals surface area contributed by atoms with Crippen LogP contribution in [-0.2, 0) is 31.0 Å². The minimum Gasteiger partial charge on any atom is -0.504 e. The van der Waals surface area contributed by atoms with E-state index in [1.54, 1.807) is 40.4 Å². The molecule has 1 fully saturated rings. The van der Waals surface area contributed by atoms with Gasteiger partial charge in [-0.05, 0) is 37.6 Å². The molecule has 6 aromatic rings. The highest BCUT2D eigenvalue weighted by molar-refractivity contribution is 6.33. The summed E-state index contributed by atoms with van der Waals surface area (Å²) in [5.41, 5.74) is 0.729. The molecule has 19 heteroatoms. The van der Waals surface area contributed by atoms with E-state index < -0.39 is 35.7 Å². The molecule has 0 saturated carbocycles. The Kier molecular flexibility index (Phi) is 9.01. The second kappa shape index (κ2) is 13.5. The fourth-order valence-corrected chi connectivity index (χ4v) is 6.60. The lowest BCUT2D eigenvalue weighted by molar-refractivity contribution is -0.137. The molecule has 2 aromatic carbocycles. The number of anilines is 2. The van der Waals surface area contributed by atoms with Crippen LogP contribution in [0, 0.1) is 6.92 Å². The maximum absolute atomic E-state index is 14.3. The van der Waals surface area contributed by atoms with E-state index in [0.29, 0.717) is 11.3 Å². The molecular weight excluding hydrogens is 719 g/mol. The molecule has 4 aromatic heterocycles. The maximum atomic E-state index is 14.3. The van der Waals surface area contributed by atoms with Gasteiger partial charge in [0.25, 0.3) is 11.5 Å². The maximum Gasteiger partial charge on any atom is 0.416 e. The van der Waals surface area contributed by atoms with E-state index in [0.717, 1.165) is 33.6 Å². The molecule has 0 aliphatic carbocycles. The third-order valence-electron chi connectivity index (χ3n) is 9.13. The van der Waals surface area contributed by atoms with Gasteiger partial charge in [-0.3, -0.25) is 19.1 Å². The van der Waals surface area contributed by atoms with E-state index in [2.05, 4.69) is 25.5 Å². The first-order chi connectivity index (χ1) is 25.2. The van der Waals surface area contributed by atoms with Crippen molar-refractivity contribution < 1.29 is 27.9 Å². The zero-order valence-corrected chi connectivity index (χ0v) is 29.3. The predicted octanol–water partition coefficient (Wildman–Crippen LogP) is 4.08. The number of hydrogen-bond acceptors (Lipinski definition) is 10. The zero-order valence-electron chi connectivity index (χ0n) is 28.5. The molecule has 0 spiro atoms. The quantitative estimate of drug-likeness (QED) is 0.243. The lowest BCUT2D eigenvalue weighted by Gasteiger charge is -2.36. The minimum atomic E-state index is -4.62. The van der Waals surface area contributed by atoms with Gasteiger partial charge in [0.15, 0.2) is 17.3 Å². The van der Waals surface area contributed by atoms with Crippen molar-refractivity contribution in [1.29, 1.82) is 0 Å². The van der Waals surface area contributed by atoms with E-state index in [9.17, 15) is 32.7 Å². The Labute approximate surface area is 303 Å². The molecule has 0 bridgehead atoms. The number of piperazine rings is 1. The average Bonchev–Trinajstić information content (AvgIpc) is 3.75. The SMILES string of the molecule is CCc1c(N2CCN(C(=O)c3ncnc(C)c3O)CC2)c(=O)n2nc(-c3ccc4cnn(C)c4c3)nc2n1CC(=O)Nc1ccc(C(F)(F)F)cc1Cl. The Morgan fingerprint density at radius 3 is 2.51 bits per heavy atom. The van der Waals surface area contributed by atoms with Crippen molar-refractivity contribution in [1.82, 2.24) is 43.8 Å². The van der Waals surface area contributed by atoms with E-state index in [4.69, 9.17) is 16.6 Å². The van der Waals surface area contributed by atoms with Crippen LogP contribution < -0.4 is 15.8 Å². The summed E-state index contributed by atoms with van der Waals surface area (Å²) in [7, 11) is 1.79. The molecule has 7 rings (SSSR count). The van der Waals surface area contributed by atoms with E-state index in [1.807, 2.05) is 19.1 Å². The van der Waals surface area contributed by atoms with Gasteiger partial charge in [0.05, 0.1) is 39.4 Å². The van der Waals surface area contributed by atoms with Gasteiger partial charge in [-0.2, -0.15) is 27.8 Å². The second-order valence-electron chi connectivity index (χ2n) is 12.4. The largest absolute Gasteiger partial charge is 0.504 e. The summed E-state index contributed by atoms with van der Waals surface area (Å²) in [6, 6.07) is 8.09. The minimum absolute atomic E-state index is 0.0302. The fraction of sp³-hybridized carbons (Fsp3) is 0.294. The van der Waals surface area contributed by atoms with Crippen LogP contribution in [0.15, 0.2) is 53.7 Å². The van der Waals surface area contributed by atoms with Crippen LogP contribution in [0.2, 0.25) is 5.02 Å². The molecule has 5 heterocycles. The fourth-order valence-electron chi connectivity index (χ4n) is 6.37. The number of carbonyl (C=O) groups is 2. The van der Waals surface area contributed by atoms with E-state index >= 15 is 0 Å². The zero-order chi connectivity index (χ0) is 37.8. The topological polar surface area (TPSA) is 169 Å². The molecular formula is C34H31ClF3N11O4. The third kappa shape index (κ3) is 6.49. The van der Waals surface area contributed by atoms with Gasteiger partial charge >= 0.3 is 6.18 Å². The van der Waals surface area contributed by atoms with Gasteiger partial charge in [0.1, 0.15) is 18.6 Å². The van der Waals surface area contributed by atoms with Crippen LogP contribution in [0.5, 0.6) is 5.75 Å². The molecule has 0 radical (unpaired) electrons. The van der Waals surface area contributed by atoms with Crippen molar-refractivity contribution in [2.45, 2.75) is 33.0 Å². The van der Waals surface area contributed by atoms with Gasteiger partial charge < -0.3 is 24.8 Å². The van der Waals surface area contributed by atoms with Crippen molar-refractivity contribution in [2.24, 2.45) is 7.05 Å². The molecule has 1 aliphatic rings. The Morgan fingerprint density at radius 1 is 1.06 bits per heavy atom. The third-order valence-corrected chi connectivity index (χ3v) is 9.44. The first-order valence-corrected chi connectivity index (χ1v) is 16.8. The Bertz CT molecular complexity index is 2490. The van der Waals surface area contributed by atoms with Crippen LogP contribution in [0.1, 0.15) is 34.4 Å². The van der Waals surface area contributed by atoms with Gasteiger partial charge in [0.2, 0.25) is 11.7 Å². The van der Waals surface area contributed by atoms with Crippen LogP contribution in [0.25, 0.3) is 28.1 Å². The Morgan fingerprint density at radius 2 is 1.81 bits per heavy atom. The van der Waals surface area contributed by atoms with Crippen LogP contribution in [0.4, 0.5) is 24.5 Å². The standard InChI is InChI=1S/C34H31ClF3N11O4/c1-4-24-28(46-9-11-47(12-10-46)31(52)27-29(51)18(2)39-17-40-27)32(53)49-33(43-30(44-49)19-5-6-20-15-41-45(3)25(20)13-19)48(24)16-26(50)42-23-8-7-21(14-22(23)35)34(36,37)38/h5-8,13-15,17,51H,4,9-12,16H2,1-3H3,(H,42,50). The normalized spacial score (nSPS) is 13.6. The molecule has 1 aliphatic heterocycles. The highest BCUT2D eigenvalue weighted by atomic mass is 35.5. The summed E-state index contributed by atoms with van der Waals surface area (Å²) in [5, 5.41) is 22.4. The van der Waals surface area contributed by atoms with Crippen molar-refractivity contribution in [3.8, 4) is 17.1 Å². The Hall–Kier alpha value is -6.04. The monoisotopic (exact) mass is 749 g/mol. The average molecular weight is 750 g/mol. The molecule has 53 heavy (non-hydrogen) atoms. The van der Waals surface area contributed by atoms with Crippen LogP contribution >= 0.6 is 11.6 Å². The number of halogens is 4. The number of aryl methyl sites for hydroxylation is 2. The first-order valence-electron chi connectivity index (χ1n) is 16.4. The lowest BCUT2D eigenvalue weighted by atomic mass is 10.1. The molecule has 2 amide bonds. The smallest absolute Gasteiger partial charge is 0.416 e. The number of rotatable bonds is 7. The Balaban J connectivity index is 1.27. The highest BCUT2D eigenvalue weighted by Crippen LogP contribution is 2.34. The van der Waals surface area contributed by atoms with Crippen LogP contribution in [-0.4, -0.2) is 86.9 Å². The summed E-state index contributed by atoms with van der Waals surface area (Å²) in [5.74, 6) is -1.16. The highest BCUT2D eigenvalue weighted by Gasteiger charge is 2.32. The summed E-state index contributed by atoms with van der Waals surface area (Å²) in [6.07, 6.45) is -1.44. The van der Waals surface area contributed by atoms with Crippen molar-refractivity contribution >= 4 is 51.5 Å². The number of carbonyl (C=O) groups excluding carboxylic acids is 2. The van der Waals surface area contributed by atoms with Crippen molar-refractivity contribution in [3.05, 3.63) is 86.9 Å². The molecule has 274 valence electrons. The summed E-state index contributed by atoms with van der Waals surface area (Å²) >= 11 is 6.14. The summed E-state index contributed by atoms with van der Waals surface area (Å²) in [6.45, 7) is 3.77. The molecule has 0 atom stereocenters. The number of nitrogens with one attached hydrogen (secondary N) is 1. The number of alkyl halides is 3. The van der Waals surface area contributed by atoms with Crippen molar-refractivity contribution in [3.63, 3.8) is 0 Å². The number of amides is 2. The van der Waals surface area contributed by atoms with Gasteiger partial charge in [-0.15, -0.1) is 5.10 Å². The number of aromatic hydroxyl groups is 1. The lowest BCUT2D eigenvalue weighted by Crippen LogP contribution is -2.51. The summed E-state index contributed by atoms with van der Waals surface area (Å²) in [4.78, 5) is 57.1. The van der Waals surface area contributed by atoms with E-state index in [-0.39, 0.29) is 77.7 Å². The number of fused-ring (bicyclic) bond motifs is 2. The number of hydrogen-bond donors (Lipinski definition) is 2.